The van der Waals surface area contributed by atoms with Crippen LogP contribution in [0.2, 0.25) is 0 Å². The van der Waals surface area contributed by atoms with Crippen molar-refractivity contribution in [3.63, 3.8) is 0 Å². The highest BCUT2D eigenvalue weighted by atomic mass is 79.9. The predicted octanol–water partition coefficient (Wildman–Crippen LogP) is 5.33. The number of nitrogens with one attached hydrogen (secondary N) is 1. The molecule has 0 heterocycles. The van der Waals surface area contributed by atoms with E-state index in [0.29, 0.717) is 5.75 Å². The lowest BCUT2D eigenvalue weighted by molar-refractivity contribution is 1.44. The Bertz CT molecular complexity index is 446. The minimum Gasteiger partial charge on any atom is -0.341 e. The predicted molar refractivity (Wildman–Crippen MR) is 87.2 cm³/mol. The second kappa shape index (κ2) is 7.41. The lowest BCUT2D eigenvalue weighted by Crippen LogP contribution is -2.06. The van der Waals surface area contributed by atoms with Gasteiger partial charge < -0.3 is 5.32 Å². The summed E-state index contributed by atoms with van der Waals surface area (Å²) in [5.41, 5.74) is 2.18. The van der Waals surface area contributed by atoms with Gasteiger partial charge in [-0.1, -0.05) is 57.6 Å². The maximum Gasteiger partial charge on any atom is 0.138 e. The van der Waals surface area contributed by atoms with Crippen molar-refractivity contribution in [3.05, 3.63) is 39.3 Å². The van der Waals surface area contributed by atoms with E-state index in [1.165, 1.54) is 11.8 Å². The number of allylic oxidation sites excluding steroid dienone is 1. The Hall–Kier alpha value is -0.0300. The average molecular weight is 351 g/mol. The molecule has 1 N–H and O–H groups in total. The Morgan fingerprint density at radius 3 is 2.88 bits per heavy atom. The highest BCUT2D eigenvalue weighted by molar-refractivity contribution is 9.10. The molecule has 0 saturated heterocycles. The summed E-state index contributed by atoms with van der Waals surface area (Å²) in [6, 6.07) is 6.04. The quantitative estimate of drug-likeness (QED) is 0.740. The van der Waals surface area contributed by atoms with Gasteiger partial charge in [0.05, 0.1) is 0 Å². The number of hydrogen-bond acceptors (Lipinski definition) is 2. The smallest absolute Gasteiger partial charge is 0.138 e. The van der Waals surface area contributed by atoms with Gasteiger partial charge in [-0.2, -0.15) is 0 Å². The molecule has 0 radical (unpaired) electrons. The third kappa shape index (κ3) is 5.42. The van der Waals surface area contributed by atoms with Gasteiger partial charge in [0.15, 0.2) is 0 Å². The normalized spacial score (nSPS) is 11.4. The summed E-state index contributed by atoms with van der Waals surface area (Å²) in [6.07, 6.45) is 1.88. The zero-order chi connectivity index (χ0) is 12.8. The number of aryl methyl sites for hydroxylation is 1. The lowest BCUT2D eigenvalue weighted by Gasteiger charge is -2.10. The topological polar surface area (TPSA) is 12.0 Å². The Labute approximate surface area is 125 Å². The minimum absolute atomic E-state index is 0.708. The standard InChI is InChI=1S/C12H13BrClNS2/c1-3-10(14)7-17-12(16)15-11-5-4-9(13)6-8(11)2/h3-6H,7H2,1-2H3,(H,15,16)/b10-3-. The molecule has 0 spiro atoms. The second-order valence-corrected chi connectivity index (χ2v) is 6.45. The van der Waals surface area contributed by atoms with Crippen LogP contribution in [0.1, 0.15) is 12.5 Å². The Morgan fingerprint density at radius 1 is 1.59 bits per heavy atom. The first-order chi connectivity index (χ1) is 8.02. The first-order valence-corrected chi connectivity index (χ1v) is 7.60. The molecule has 0 saturated carbocycles. The maximum absolute atomic E-state index is 5.91. The summed E-state index contributed by atoms with van der Waals surface area (Å²) in [7, 11) is 0. The summed E-state index contributed by atoms with van der Waals surface area (Å²) in [5, 5.41) is 4.02. The van der Waals surface area contributed by atoms with Crippen LogP contribution in [0.15, 0.2) is 33.8 Å². The van der Waals surface area contributed by atoms with E-state index in [2.05, 4.69) is 27.3 Å². The van der Waals surface area contributed by atoms with E-state index in [4.69, 9.17) is 23.8 Å². The van der Waals surface area contributed by atoms with E-state index < -0.39 is 0 Å². The largest absolute Gasteiger partial charge is 0.341 e. The van der Waals surface area contributed by atoms with Crippen molar-refractivity contribution in [2.75, 3.05) is 11.1 Å². The maximum atomic E-state index is 5.91. The van der Waals surface area contributed by atoms with E-state index in [0.717, 1.165) is 25.1 Å². The molecule has 0 aliphatic heterocycles. The number of hydrogen-bond donors (Lipinski definition) is 1. The zero-order valence-electron chi connectivity index (χ0n) is 9.59. The van der Waals surface area contributed by atoms with Crippen molar-refractivity contribution in [2.24, 2.45) is 0 Å². The van der Waals surface area contributed by atoms with Crippen molar-refractivity contribution in [3.8, 4) is 0 Å². The van der Waals surface area contributed by atoms with Gasteiger partial charge in [0, 0.05) is 20.9 Å². The average Bonchev–Trinajstić information content (AvgIpc) is 2.29. The summed E-state index contributed by atoms with van der Waals surface area (Å²) in [4.78, 5) is 0. The molecular formula is C12H13BrClNS2. The number of thiocarbonyl (C=S) groups is 1. The van der Waals surface area contributed by atoms with E-state index in [1.807, 2.05) is 32.1 Å². The van der Waals surface area contributed by atoms with E-state index in [9.17, 15) is 0 Å². The van der Waals surface area contributed by atoms with Crippen molar-refractivity contribution in [2.45, 2.75) is 13.8 Å². The van der Waals surface area contributed by atoms with Crippen molar-refractivity contribution in [1.29, 1.82) is 0 Å². The van der Waals surface area contributed by atoms with Crippen molar-refractivity contribution >= 4 is 61.5 Å². The highest BCUT2D eigenvalue weighted by Gasteiger charge is 2.03. The third-order valence-electron chi connectivity index (χ3n) is 2.08. The first kappa shape index (κ1) is 15.0. The van der Waals surface area contributed by atoms with Gasteiger partial charge in [0.1, 0.15) is 4.32 Å². The van der Waals surface area contributed by atoms with Crippen LogP contribution in [0.25, 0.3) is 0 Å². The molecule has 0 amide bonds. The van der Waals surface area contributed by atoms with Crippen LogP contribution in [0.5, 0.6) is 0 Å². The second-order valence-electron chi connectivity index (χ2n) is 3.40. The van der Waals surface area contributed by atoms with E-state index in [1.54, 1.807) is 0 Å². The highest BCUT2D eigenvalue weighted by Crippen LogP contribution is 2.22. The fourth-order valence-electron chi connectivity index (χ4n) is 1.13. The molecule has 0 atom stereocenters. The van der Waals surface area contributed by atoms with Crippen molar-refractivity contribution < 1.29 is 0 Å². The van der Waals surface area contributed by atoms with Crippen LogP contribution in [-0.4, -0.2) is 10.1 Å². The van der Waals surface area contributed by atoms with Gasteiger partial charge in [-0.25, -0.2) is 0 Å². The molecule has 1 aromatic rings. The number of thioether (sulfide) groups is 1. The summed E-state index contributed by atoms with van der Waals surface area (Å²) >= 11 is 16.1. The molecule has 0 aliphatic rings. The van der Waals surface area contributed by atoms with Gasteiger partial charge in [-0.05, 0) is 37.6 Å². The van der Waals surface area contributed by atoms with E-state index >= 15 is 0 Å². The van der Waals surface area contributed by atoms with Gasteiger partial charge in [0.25, 0.3) is 0 Å². The molecule has 5 heteroatoms. The lowest BCUT2D eigenvalue weighted by atomic mass is 10.2. The summed E-state index contributed by atoms with van der Waals surface area (Å²) in [6.45, 7) is 3.96. The third-order valence-corrected chi connectivity index (χ3v) is 4.36. The van der Waals surface area contributed by atoms with E-state index in [-0.39, 0.29) is 0 Å². The number of benzene rings is 1. The molecule has 0 fully saturated rings. The van der Waals surface area contributed by atoms with Crippen LogP contribution in [0, 0.1) is 6.92 Å². The van der Waals surface area contributed by atoms with Crippen LogP contribution in [0.3, 0.4) is 0 Å². The van der Waals surface area contributed by atoms with Crippen LogP contribution < -0.4 is 5.32 Å². The molecule has 1 nitrogen and oxygen atoms in total. The molecule has 0 aliphatic carbocycles. The molecule has 0 unspecified atom stereocenters. The number of halogens is 2. The number of anilines is 1. The Morgan fingerprint density at radius 2 is 2.29 bits per heavy atom. The van der Waals surface area contributed by atoms with Crippen LogP contribution in [-0.2, 0) is 0 Å². The fourth-order valence-corrected chi connectivity index (χ4v) is 2.67. The van der Waals surface area contributed by atoms with Crippen LogP contribution >= 0.6 is 51.5 Å². The molecule has 17 heavy (non-hydrogen) atoms. The Kier molecular flexibility index (Phi) is 6.55. The van der Waals surface area contributed by atoms with Gasteiger partial charge in [-0.3, -0.25) is 0 Å². The van der Waals surface area contributed by atoms with Gasteiger partial charge >= 0.3 is 0 Å². The summed E-state index contributed by atoms with van der Waals surface area (Å²) in [5.74, 6) is 0.708. The van der Waals surface area contributed by atoms with Crippen molar-refractivity contribution in [1.82, 2.24) is 0 Å². The monoisotopic (exact) mass is 349 g/mol. The zero-order valence-corrected chi connectivity index (χ0v) is 13.6. The SMILES string of the molecule is C/C=C(\Cl)CSC(=S)Nc1ccc(Br)cc1C. The molecular weight excluding hydrogens is 338 g/mol. The minimum atomic E-state index is 0.708. The Balaban J connectivity index is 2.56. The van der Waals surface area contributed by atoms with Gasteiger partial charge in [-0.15, -0.1) is 0 Å². The fraction of sp³-hybridized carbons (Fsp3) is 0.250. The summed E-state index contributed by atoms with van der Waals surface area (Å²) < 4.78 is 1.80. The van der Waals surface area contributed by atoms with Gasteiger partial charge in [0.2, 0.25) is 0 Å². The van der Waals surface area contributed by atoms with Crippen LogP contribution in [0.4, 0.5) is 5.69 Å². The molecule has 1 rings (SSSR count). The molecule has 0 aromatic heterocycles. The number of rotatable bonds is 3. The molecule has 0 bridgehead atoms. The molecule has 1 aromatic carbocycles. The first-order valence-electron chi connectivity index (χ1n) is 5.03. The molecule has 92 valence electrons.